The minimum atomic E-state index is -0.493. The third-order valence-corrected chi connectivity index (χ3v) is 2.67. The molecular formula is C14H23FN2O3. The van der Waals surface area contributed by atoms with Crippen molar-refractivity contribution in [1.82, 2.24) is 0 Å². The SMILES string of the molecule is COCC(CCO)Nc1cc(OC(C)C)c(F)cc1N. The lowest BCUT2D eigenvalue weighted by molar-refractivity contribution is 0.170. The molecule has 114 valence electrons. The predicted octanol–water partition coefficient (Wildman–Crippen LogP) is 2.00. The van der Waals surface area contributed by atoms with Gasteiger partial charge in [0.25, 0.3) is 0 Å². The monoisotopic (exact) mass is 286 g/mol. The Kier molecular flexibility index (Phi) is 6.54. The summed E-state index contributed by atoms with van der Waals surface area (Å²) in [5, 5.41) is 12.2. The van der Waals surface area contributed by atoms with Gasteiger partial charge in [0, 0.05) is 25.8 Å². The summed E-state index contributed by atoms with van der Waals surface area (Å²) in [5.41, 5.74) is 6.66. The van der Waals surface area contributed by atoms with E-state index < -0.39 is 5.82 Å². The molecule has 0 radical (unpaired) electrons. The van der Waals surface area contributed by atoms with Gasteiger partial charge in [0.2, 0.25) is 0 Å². The second-order valence-electron chi connectivity index (χ2n) is 4.85. The highest BCUT2D eigenvalue weighted by Crippen LogP contribution is 2.29. The number of nitrogens with two attached hydrogens (primary N) is 1. The number of hydrogen-bond donors (Lipinski definition) is 3. The summed E-state index contributed by atoms with van der Waals surface area (Å²) >= 11 is 0. The quantitative estimate of drug-likeness (QED) is 0.637. The van der Waals surface area contributed by atoms with Crippen molar-refractivity contribution in [2.75, 3.05) is 31.4 Å². The minimum Gasteiger partial charge on any atom is -0.488 e. The lowest BCUT2D eigenvalue weighted by Gasteiger charge is -2.21. The fourth-order valence-corrected chi connectivity index (χ4v) is 1.81. The number of nitrogen functional groups attached to an aromatic ring is 1. The predicted molar refractivity (Wildman–Crippen MR) is 77.6 cm³/mol. The molecule has 0 amide bonds. The average Bonchev–Trinajstić information content (AvgIpc) is 2.35. The van der Waals surface area contributed by atoms with E-state index in [1.807, 2.05) is 13.8 Å². The zero-order chi connectivity index (χ0) is 15.1. The Bertz CT molecular complexity index is 421. The van der Waals surface area contributed by atoms with Crippen LogP contribution in [-0.2, 0) is 4.74 Å². The molecule has 0 heterocycles. The van der Waals surface area contributed by atoms with Gasteiger partial charge in [0.15, 0.2) is 11.6 Å². The molecule has 5 nitrogen and oxygen atoms in total. The van der Waals surface area contributed by atoms with Crippen molar-refractivity contribution < 1.29 is 19.0 Å². The Hall–Kier alpha value is -1.53. The Morgan fingerprint density at radius 2 is 2.10 bits per heavy atom. The second-order valence-corrected chi connectivity index (χ2v) is 4.85. The lowest BCUT2D eigenvalue weighted by atomic mass is 10.2. The molecule has 0 aromatic heterocycles. The number of benzene rings is 1. The molecular weight excluding hydrogens is 263 g/mol. The van der Waals surface area contributed by atoms with Crippen LogP contribution >= 0.6 is 0 Å². The van der Waals surface area contributed by atoms with Gasteiger partial charge in [-0.2, -0.15) is 0 Å². The summed E-state index contributed by atoms with van der Waals surface area (Å²) < 4.78 is 24.2. The molecule has 0 spiro atoms. The molecule has 4 N–H and O–H groups in total. The fourth-order valence-electron chi connectivity index (χ4n) is 1.81. The van der Waals surface area contributed by atoms with Crippen LogP contribution in [0, 0.1) is 5.82 Å². The third kappa shape index (κ3) is 4.86. The summed E-state index contributed by atoms with van der Waals surface area (Å²) in [6.45, 7) is 4.08. The van der Waals surface area contributed by atoms with E-state index in [0.717, 1.165) is 0 Å². The molecule has 0 fully saturated rings. The molecule has 1 rings (SSSR count). The molecule has 0 aliphatic heterocycles. The van der Waals surface area contributed by atoms with E-state index in [4.69, 9.17) is 20.3 Å². The van der Waals surface area contributed by atoms with E-state index in [0.29, 0.717) is 18.7 Å². The number of hydrogen-bond acceptors (Lipinski definition) is 5. The molecule has 1 aromatic rings. The molecule has 20 heavy (non-hydrogen) atoms. The number of aliphatic hydroxyl groups is 1. The zero-order valence-electron chi connectivity index (χ0n) is 12.1. The number of nitrogens with one attached hydrogen (secondary N) is 1. The van der Waals surface area contributed by atoms with Crippen LogP contribution in [0.1, 0.15) is 20.3 Å². The van der Waals surface area contributed by atoms with Crippen molar-refractivity contribution >= 4 is 11.4 Å². The smallest absolute Gasteiger partial charge is 0.167 e. The van der Waals surface area contributed by atoms with Crippen LogP contribution in [0.5, 0.6) is 5.75 Å². The molecule has 0 aliphatic rings. The molecule has 1 aromatic carbocycles. The highest BCUT2D eigenvalue weighted by atomic mass is 19.1. The maximum atomic E-state index is 13.7. The number of halogens is 1. The second kappa shape index (κ2) is 7.91. The third-order valence-electron chi connectivity index (χ3n) is 2.67. The highest BCUT2D eigenvalue weighted by Gasteiger charge is 2.14. The van der Waals surface area contributed by atoms with E-state index in [1.165, 1.54) is 12.1 Å². The topological polar surface area (TPSA) is 76.7 Å². The van der Waals surface area contributed by atoms with Crippen molar-refractivity contribution in [3.05, 3.63) is 17.9 Å². The number of anilines is 2. The maximum Gasteiger partial charge on any atom is 0.167 e. The van der Waals surface area contributed by atoms with Gasteiger partial charge in [-0.1, -0.05) is 0 Å². The molecule has 1 unspecified atom stereocenters. The summed E-state index contributed by atoms with van der Waals surface area (Å²) in [4.78, 5) is 0. The first-order valence-electron chi connectivity index (χ1n) is 6.60. The van der Waals surface area contributed by atoms with Crippen molar-refractivity contribution in [2.24, 2.45) is 0 Å². The molecule has 0 saturated carbocycles. The Balaban J connectivity index is 2.92. The highest BCUT2D eigenvalue weighted by molar-refractivity contribution is 5.69. The number of ether oxygens (including phenoxy) is 2. The van der Waals surface area contributed by atoms with Crippen molar-refractivity contribution in [3.63, 3.8) is 0 Å². The van der Waals surface area contributed by atoms with E-state index in [9.17, 15) is 4.39 Å². The van der Waals surface area contributed by atoms with Crippen LogP contribution < -0.4 is 15.8 Å². The van der Waals surface area contributed by atoms with Crippen molar-refractivity contribution in [1.29, 1.82) is 0 Å². The van der Waals surface area contributed by atoms with Gasteiger partial charge in [-0.25, -0.2) is 4.39 Å². The number of aliphatic hydroxyl groups excluding tert-OH is 1. The molecule has 6 heteroatoms. The van der Waals surface area contributed by atoms with Crippen LogP contribution in [0.2, 0.25) is 0 Å². The van der Waals surface area contributed by atoms with E-state index in [2.05, 4.69) is 5.32 Å². The van der Waals surface area contributed by atoms with E-state index in [1.54, 1.807) is 7.11 Å². The van der Waals surface area contributed by atoms with Gasteiger partial charge >= 0.3 is 0 Å². The van der Waals surface area contributed by atoms with Gasteiger partial charge < -0.3 is 25.6 Å². The first kappa shape index (κ1) is 16.5. The summed E-state index contributed by atoms with van der Waals surface area (Å²) in [6.07, 6.45) is 0.374. The first-order chi connectivity index (χ1) is 9.47. The fraction of sp³-hybridized carbons (Fsp3) is 0.571. The summed E-state index contributed by atoms with van der Waals surface area (Å²) in [5.74, 6) is -0.343. The first-order valence-corrected chi connectivity index (χ1v) is 6.60. The summed E-state index contributed by atoms with van der Waals surface area (Å²) in [6, 6.07) is 2.65. The van der Waals surface area contributed by atoms with Crippen LogP contribution in [-0.4, -0.2) is 37.6 Å². The van der Waals surface area contributed by atoms with Crippen LogP contribution in [0.15, 0.2) is 12.1 Å². The summed E-state index contributed by atoms with van der Waals surface area (Å²) in [7, 11) is 1.58. The van der Waals surface area contributed by atoms with Crippen LogP contribution in [0.3, 0.4) is 0 Å². The number of rotatable bonds is 8. The standard InChI is InChI=1S/C14H23FN2O3/c1-9(2)20-14-7-13(12(16)6-11(14)15)17-10(4-5-18)8-19-3/h6-7,9-10,17-18H,4-5,8,16H2,1-3H3. The normalized spacial score (nSPS) is 12.5. The van der Waals surface area contributed by atoms with E-state index >= 15 is 0 Å². The zero-order valence-corrected chi connectivity index (χ0v) is 12.1. The van der Waals surface area contributed by atoms with Gasteiger partial charge in [-0.15, -0.1) is 0 Å². The van der Waals surface area contributed by atoms with Crippen molar-refractivity contribution in [3.8, 4) is 5.75 Å². The van der Waals surface area contributed by atoms with E-state index in [-0.39, 0.29) is 30.2 Å². The van der Waals surface area contributed by atoms with Crippen molar-refractivity contribution in [2.45, 2.75) is 32.4 Å². The van der Waals surface area contributed by atoms with Crippen LogP contribution in [0.25, 0.3) is 0 Å². The Morgan fingerprint density at radius 3 is 2.65 bits per heavy atom. The maximum absolute atomic E-state index is 13.7. The van der Waals surface area contributed by atoms with Gasteiger partial charge in [-0.3, -0.25) is 0 Å². The minimum absolute atomic E-state index is 0.0253. The largest absolute Gasteiger partial charge is 0.488 e. The van der Waals surface area contributed by atoms with Crippen LogP contribution in [0.4, 0.5) is 15.8 Å². The van der Waals surface area contributed by atoms with Gasteiger partial charge in [0.1, 0.15) is 0 Å². The number of methoxy groups -OCH3 is 1. The van der Waals surface area contributed by atoms with Gasteiger partial charge in [-0.05, 0) is 20.3 Å². The molecule has 1 atom stereocenters. The Labute approximate surface area is 118 Å². The lowest BCUT2D eigenvalue weighted by Crippen LogP contribution is -2.26. The molecule has 0 saturated heterocycles. The molecule has 0 aliphatic carbocycles. The Morgan fingerprint density at radius 1 is 1.40 bits per heavy atom. The van der Waals surface area contributed by atoms with Gasteiger partial charge in [0.05, 0.1) is 30.1 Å². The average molecular weight is 286 g/mol. The molecule has 0 bridgehead atoms.